The van der Waals surface area contributed by atoms with Crippen molar-refractivity contribution < 1.29 is 0 Å². The van der Waals surface area contributed by atoms with E-state index in [-0.39, 0.29) is 0 Å². The Hall–Kier alpha value is -2.14. The second kappa shape index (κ2) is 4.51. The number of aromatic nitrogens is 4. The first kappa shape index (κ1) is 11.9. The third-order valence-corrected chi connectivity index (χ3v) is 3.57. The van der Waals surface area contributed by atoms with Gasteiger partial charge >= 0.3 is 0 Å². The van der Waals surface area contributed by atoms with Crippen LogP contribution < -0.4 is 0 Å². The first-order chi connectivity index (χ1) is 9.16. The van der Waals surface area contributed by atoms with E-state index >= 15 is 0 Å². The Morgan fingerprint density at radius 1 is 1.11 bits per heavy atom. The summed E-state index contributed by atoms with van der Waals surface area (Å²) in [6, 6.07) is 8.52. The van der Waals surface area contributed by atoms with Crippen LogP contribution in [0.2, 0.25) is 0 Å². The number of nitrogens with zero attached hydrogens (tertiary/aromatic N) is 5. The molecule has 3 aromatic rings. The van der Waals surface area contributed by atoms with Gasteiger partial charge in [0.25, 0.3) is 0 Å². The van der Waals surface area contributed by atoms with Crippen LogP contribution >= 0.6 is 0 Å². The molecule has 0 N–H and O–H groups in total. The first-order valence-corrected chi connectivity index (χ1v) is 6.29. The van der Waals surface area contributed by atoms with E-state index in [1.165, 1.54) is 10.9 Å². The van der Waals surface area contributed by atoms with E-state index in [2.05, 4.69) is 71.1 Å². The lowest BCUT2D eigenvalue weighted by molar-refractivity contribution is 0.244. The molecule has 1 unspecified atom stereocenters. The van der Waals surface area contributed by atoms with Crippen LogP contribution in [0.5, 0.6) is 0 Å². The van der Waals surface area contributed by atoms with Crippen LogP contribution in [-0.4, -0.2) is 38.3 Å². The molecule has 0 amide bonds. The van der Waals surface area contributed by atoms with Gasteiger partial charge in [-0.1, -0.05) is 6.07 Å². The molecule has 0 aliphatic rings. The van der Waals surface area contributed by atoms with Crippen molar-refractivity contribution in [3.8, 4) is 5.69 Å². The third-order valence-electron chi connectivity index (χ3n) is 3.57. The van der Waals surface area contributed by atoms with Crippen LogP contribution in [0, 0.1) is 0 Å². The maximum absolute atomic E-state index is 3.85. The van der Waals surface area contributed by atoms with Gasteiger partial charge in [0.15, 0.2) is 0 Å². The molecule has 5 nitrogen and oxygen atoms in total. The Morgan fingerprint density at radius 2 is 1.84 bits per heavy atom. The predicted molar refractivity (Wildman–Crippen MR) is 75.3 cm³/mol. The average Bonchev–Trinajstić information content (AvgIpc) is 3.06. The number of rotatable bonds is 3. The van der Waals surface area contributed by atoms with Crippen molar-refractivity contribution in [3.63, 3.8) is 0 Å². The molecule has 0 radical (unpaired) electrons. The molecule has 98 valence electrons. The van der Waals surface area contributed by atoms with Crippen LogP contribution in [0.1, 0.15) is 13.1 Å². The molecule has 0 bridgehead atoms. The van der Waals surface area contributed by atoms with Crippen LogP contribution in [0.4, 0.5) is 0 Å². The zero-order valence-electron chi connectivity index (χ0n) is 11.4. The molecule has 0 spiro atoms. The maximum atomic E-state index is 3.85. The number of hydrogen-bond donors (Lipinski definition) is 0. The second-order valence-corrected chi connectivity index (χ2v) is 4.93. The van der Waals surface area contributed by atoms with Gasteiger partial charge in [-0.15, -0.1) is 10.2 Å². The van der Waals surface area contributed by atoms with Crippen molar-refractivity contribution in [2.24, 2.45) is 0 Å². The molecule has 2 aromatic heterocycles. The van der Waals surface area contributed by atoms with Crippen LogP contribution in [0.15, 0.2) is 43.1 Å². The Morgan fingerprint density at radius 3 is 2.53 bits per heavy atom. The molecule has 1 aromatic carbocycles. The van der Waals surface area contributed by atoms with E-state index < -0.39 is 0 Å². The van der Waals surface area contributed by atoms with E-state index in [0.717, 1.165) is 5.69 Å². The fraction of sp³-hybridized carbons (Fsp3) is 0.286. The highest BCUT2D eigenvalue weighted by atomic mass is 15.3. The summed E-state index contributed by atoms with van der Waals surface area (Å²) in [6.07, 6.45) is 5.87. The summed E-state index contributed by atoms with van der Waals surface area (Å²) < 4.78 is 4.18. The molecule has 0 aliphatic carbocycles. The topological polar surface area (TPSA) is 38.9 Å². The zero-order chi connectivity index (χ0) is 13.4. The van der Waals surface area contributed by atoms with E-state index in [0.29, 0.717) is 6.17 Å². The maximum Gasteiger partial charge on any atom is 0.123 e. The SMILES string of the molecule is CC(N(C)C)n1ccc2ccc(-n3cnnc3)cc21. The molecule has 3 rings (SSSR count). The lowest BCUT2D eigenvalue weighted by Crippen LogP contribution is -2.22. The average molecular weight is 255 g/mol. The van der Waals surface area contributed by atoms with E-state index in [4.69, 9.17) is 0 Å². The van der Waals surface area contributed by atoms with Gasteiger partial charge in [0, 0.05) is 6.20 Å². The minimum absolute atomic E-state index is 0.314. The Balaban J connectivity index is 2.13. The van der Waals surface area contributed by atoms with E-state index in [1.54, 1.807) is 12.7 Å². The summed E-state index contributed by atoms with van der Waals surface area (Å²) in [6.45, 7) is 2.19. The number of benzene rings is 1. The monoisotopic (exact) mass is 255 g/mol. The fourth-order valence-corrected chi connectivity index (χ4v) is 2.21. The third kappa shape index (κ3) is 2.02. The summed E-state index contributed by atoms with van der Waals surface area (Å²) in [5, 5.41) is 8.94. The summed E-state index contributed by atoms with van der Waals surface area (Å²) in [5.74, 6) is 0. The summed E-state index contributed by atoms with van der Waals surface area (Å²) >= 11 is 0. The molecule has 19 heavy (non-hydrogen) atoms. The lowest BCUT2D eigenvalue weighted by atomic mass is 10.2. The molecule has 2 heterocycles. The van der Waals surface area contributed by atoms with Gasteiger partial charge in [-0.25, -0.2) is 0 Å². The van der Waals surface area contributed by atoms with Crippen molar-refractivity contribution in [2.75, 3.05) is 14.1 Å². The van der Waals surface area contributed by atoms with Gasteiger partial charge in [-0.2, -0.15) is 0 Å². The zero-order valence-corrected chi connectivity index (χ0v) is 11.4. The molecular formula is C14H17N5. The number of fused-ring (bicyclic) bond motifs is 1. The lowest BCUT2D eigenvalue weighted by Gasteiger charge is -2.22. The Labute approximate surface area is 112 Å². The quantitative estimate of drug-likeness (QED) is 0.721. The van der Waals surface area contributed by atoms with Crippen molar-refractivity contribution in [1.82, 2.24) is 24.2 Å². The van der Waals surface area contributed by atoms with Crippen molar-refractivity contribution in [1.29, 1.82) is 0 Å². The number of hydrogen-bond acceptors (Lipinski definition) is 3. The Kier molecular flexibility index (Phi) is 2.83. The van der Waals surface area contributed by atoms with E-state index in [9.17, 15) is 0 Å². The van der Waals surface area contributed by atoms with Crippen LogP contribution in [-0.2, 0) is 0 Å². The summed E-state index contributed by atoms with van der Waals surface area (Å²) in [5.41, 5.74) is 2.29. The van der Waals surface area contributed by atoms with Crippen molar-refractivity contribution in [2.45, 2.75) is 13.1 Å². The highest BCUT2D eigenvalue weighted by molar-refractivity contribution is 5.82. The van der Waals surface area contributed by atoms with Gasteiger partial charge in [-0.3, -0.25) is 9.47 Å². The van der Waals surface area contributed by atoms with Gasteiger partial charge in [-0.05, 0) is 44.6 Å². The van der Waals surface area contributed by atoms with Gasteiger partial charge < -0.3 is 4.57 Å². The normalized spacial score (nSPS) is 13.3. The molecule has 1 atom stereocenters. The molecule has 0 aliphatic heterocycles. The highest BCUT2D eigenvalue weighted by Crippen LogP contribution is 2.23. The van der Waals surface area contributed by atoms with Crippen molar-refractivity contribution in [3.05, 3.63) is 43.1 Å². The van der Waals surface area contributed by atoms with Crippen LogP contribution in [0.3, 0.4) is 0 Å². The predicted octanol–water partition coefficient (Wildman–Crippen LogP) is 2.30. The van der Waals surface area contributed by atoms with E-state index in [1.807, 2.05) is 4.57 Å². The molecule has 0 saturated heterocycles. The minimum Gasteiger partial charge on any atom is -0.331 e. The highest BCUT2D eigenvalue weighted by Gasteiger charge is 2.10. The van der Waals surface area contributed by atoms with Crippen molar-refractivity contribution >= 4 is 10.9 Å². The second-order valence-electron chi connectivity index (χ2n) is 4.93. The van der Waals surface area contributed by atoms with Crippen LogP contribution in [0.25, 0.3) is 16.6 Å². The van der Waals surface area contributed by atoms with Gasteiger partial charge in [0.2, 0.25) is 0 Å². The van der Waals surface area contributed by atoms with Gasteiger partial charge in [0.05, 0.1) is 17.4 Å². The largest absolute Gasteiger partial charge is 0.331 e. The smallest absolute Gasteiger partial charge is 0.123 e. The molecule has 5 heteroatoms. The molecule has 0 fully saturated rings. The minimum atomic E-state index is 0.314. The first-order valence-electron chi connectivity index (χ1n) is 6.29. The summed E-state index contributed by atoms with van der Waals surface area (Å²) in [7, 11) is 4.17. The fourth-order valence-electron chi connectivity index (χ4n) is 2.21. The Bertz CT molecular complexity index is 681. The standard InChI is InChI=1S/C14H17N5/c1-11(17(2)3)19-7-6-12-4-5-13(8-14(12)19)18-9-15-16-10-18/h4-11H,1-3H3. The summed E-state index contributed by atoms with van der Waals surface area (Å²) in [4.78, 5) is 2.19. The molecule has 0 saturated carbocycles. The van der Waals surface area contributed by atoms with Gasteiger partial charge in [0.1, 0.15) is 12.7 Å². The molecular weight excluding hydrogens is 238 g/mol.